The van der Waals surface area contributed by atoms with Crippen LogP contribution < -0.4 is 11.1 Å². The maximum absolute atomic E-state index is 11.9. The topological polar surface area (TPSA) is 147 Å². The summed E-state index contributed by atoms with van der Waals surface area (Å²) < 4.78 is 19.2. The van der Waals surface area contributed by atoms with Gasteiger partial charge in [-0.2, -0.15) is 0 Å². The van der Waals surface area contributed by atoms with Crippen LogP contribution in [0.2, 0.25) is 0 Å². The number of carbonyl (C=O) groups is 4. The van der Waals surface area contributed by atoms with Gasteiger partial charge in [-0.1, -0.05) is 0 Å². The second-order valence-corrected chi connectivity index (χ2v) is 4.46. The fourth-order valence-electron chi connectivity index (χ4n) is 1.79. The van der Waals surface area contributed by atoms with Gasteiger partial charge in [-0.05, 0) is 13.8 Å². The third-order valence-electron chi connectivity index (χ3n) is 2.69. The average Bonchev–Trinajstić information content (AvgIpc) is 2.82. The number of aryl methyl sites for hydroxylation is 1. The second kappa shape index (κ2) is 8.67. The molecule has 1 heterocycles. The molecular weight excluding hydrogens is 324 g/mol. The van der Waals surface area contributed by atoms with Crippen molar-refractivity contribution in [2.75, 3.05) is 32.2 Å². The summed E-state index contributed by atoms with van der Waals surface area (Å²) in [4.78, 5) is 46.4. The molecule has 1 aromatic heterocycles. The number of methoxy groups -OCH3 is 1. The maximum Gasteiger partial charge on any atom is 0.342 e. The lowest BCUT2D eigenvalue weighted by Crippen LogP contribution is -2.24. The molecule has 0 atom stereocenters. The summed E-state index contributed by atoms with van der Waals surface area (Å²) in [5.74, 6) is -3.59. The zero-order valence-electron chi connectivity index (χ0n) is 13.5. The summed E-state index contributed by atoms with van der Waals surface area (Å²) in [5, 5.41) is 2.22. The molecule has 0 saturated carbocycles. The molecule has 0 unspecified atom stereocenters. The number of anilines is 1. The molecule has 0 aliphatic heterocycles. The van der Waals surface area contributed by atoms with Gasteiger partial charge >= 0.3 is 11.9 Å². The van der Waals surface area contributed by atoms with Gasteiger partial charge in [0.25, 0.3) is 11.8 Å². The van der Waals surface area contributed by atoms with E-state index in [1.807, 2.05) is 0 Å². The summed E-state index contributed by atoms with van der Waals surface area (Å²) in [6.07, 6.45) is 0. The van der Waals surface area contributed by atoms with Crippen LogP contribution in [0.3, 0.4) is 0 Å². The zero-order chi connectivity index (χ0) is 18.3. The molecule has 132 valence electrons. The molecular formula is C14H18N2O8. The van der Waals surface area contributed by atoms with Crippen LogP contribution in [-0.2, 0) is 23.8 Å². The number of hydrogen-bond acceptors (Lipinski definition) is 8. The van der Waals surface area contributed by atoms with E-state index in [1.54, 1.807) is 6.92 Å². The van der Waals surface area contributed by atoms with E-state index in [0.717, 1.165) is 0 Å². The monoisotopic (exact) mass is 342 g/mol. The number of amides is 2. The summed E-state index contributed by atoms with van der Waals surface area (Å²) in [5.41, 5.74) is 4.75. The van der Waals surface area contributed by atoms with Gasteiger partial charge in [0.05, 0.1) is 6.61 Å². The van der Waals surface area contributed by atoms with E-state index in [2.05, 4.69) is 14.8 Å². The summed E-state index contributed by atoms with van der Waals surface area (Å²) >= 11 is 0. The van der Waals surface area contributed by atoms with Crippen molar-refractivity contribution in [3.05, 3.63) is 16.9 Å². The van der Waals surface area contributed by atoms with E-state index in [1.165, 1.54) is 14.0 Å². The number of furan rings is 1. The van der Waals surface area contributed by atoms with Crippen molar-refractivity contribution in [1.82, 2.24) is 0 Å². The Hall–Kier alpha value is -2.88. The highest BCUT2D eigenvalue weighted by molar-refractivity contribution is 6.10. The summed E-state index contributed by atoms with van der Waals surface area (Å²) in [6, 6.07) is 0. The number of primary amides is 1. The Bertz CT molecular complexity index is 649. The molecule has 24 heavy (non-hydrogen) atoms. The fourth-order valence-corrected chi connectivity index (χ4v) is 1.79. The van der Waals surface area contributed by atoms with Crippen LogP contribution in [0.15, 0.2) is 4.42 Å². The summed E-state index contributed by atoms with van der Waals surface area (Å²) in [7, 11) is 1.29. The standard InChI is InChI=1S/C14H18N2O8/c1-4-22-14(20)10-7(2)24-13(11(10)12(15)19)16-8(17)5-23-9(18)6-21-3/h4-6H2,1-3H3,(H2,15,19)(H,16,17). The Balaban J connectivity index is 2.94. The Morgan fingerprint density at radius 2 is 1.79 bits per heavy atom. The van der Waals surface area contributed by atoms with Crippen molar-refractivity contribution < 1.29 is 37.8 Å². The van der Waals surface area contributed by atoms with Crippen LogP contribution in [0, 0.1) is 6.92 Å². The van der Waals surface area contributed by atoms with Gasteiger partial charge in [0.1, 0.15) is 23.5 Å². The van der Waals surface area contributed by atoms with Gasteiger partial charge in [0.15, 0.2) is 6.61 Å². The SMILES string of the molecule is CCOC(=O)c1c(C)oc(NC(=O)COC(=O)COC)c1C(N)=O. The predicted octanol–water partition coefficient (Wildman–Crippen LogP) is -0.00828. The highest BCUT2D eigenvalue weighted by atomic mass is 16.6. The lowest BCUT2D eigenvalue weighted by molar-refractivity contribution is -0.150. The minimum Gasteiger partial charge on any atom is -0.462 e. The highest BCUT2D eigenvalue weighted by Crippen LogP contribution is 2.27. The van der Waals surface area contributed by atoms with Gasteiger partial charge in [-0.15, -0.1) is 0 Å². The number of esters is 2. The van der Waals surface area contributed by atoms with Gasteiger partial charge in [-0.3, -0.25) is 14.9 Å². The Morgan fingerprint density at radius 3 is 2.33 bits per heavy atom. The average molecular weight is 342 g/mol. The van der Waals surface area contributed by atoms with Gasteiger partial charge in [0, 0.05) is 7.11 Å². The number of nitrogens with one attached hydrogen (secondary N) is 1. The largest absolute Gasteiger partial charge is 0.462 e. The lowest BCUT2D eigenvalue weighted by atomic mass is 10.1. The quantitative estimate of drug-likeness (QED) is 0.627. The Labute approximate surface area is 137 Å². The highest BCUT2D eigenvalue weighted by Gasteiger charge is 2.29. The predicted molar refractivity (Wildman–Crippen MR) is 79.4 cm³/mol. The van der Waals surface area contributed by atoms with Crippen molar-refractivity contribution in [1.29, 1.82) is 0 Å². The minimum absolute atomic E-state index is 0.0499. The molecule has 0 aliphatic rings. The third kappa shape index (κ3) is 4.81. The van der Waals surface area contributed by atoms with Crippen LogP contribution in [0.1, 0.15) is 33.4 Å². The van der Waals surface area contributed by atoms with Crippen molar-refractivity contribution in [2.24, 2.45) is 5.73 Å². The first-order valence-electron chi connectivity index (χ1n) is 6.86. The van der Waals surface area contributed by atoms with E-state index < -0.39 is 30.4 Å². The number of nitrogens with two attached hydrogens (primary N) is 1. The van der Waals surface area contributed by atoms with E-state index >= 15 is 0 Å². The summed E-state index contributed by atoms with van der Waals surface area (Å²) in [6.45, 7) is 2.14. The van der Waals surface area contributed by atoms with Crippen LogP contribution in [0.25, 0.3) is 0 Å². The van der Waals surface area contributed by atoms with Crippen LogP contribution in [0.4, 0.5) is 5.88 Å². The molecule has 0 radical (unpaired) electrons. The normalized spacial score (nSPS) is 10.1. The van der Waals surface area contributed by atoms with Crippen LogP contribution in [0.5, 0.6) is 0 Å². The van der Waals surface area contributed by atoms with Crippen LogP contribution >= 0.6 is 0 Å². The smallest absolute Gasteiger partial charge is 0.342 e. The van der Waals surface area contributed by atoms with E-state index in [4.69, 9.17) is 14.9 Å². The van der Waals surface area contributed by atoms with Gasteiger partial charge in [0.2, 0.25) is 5.88 Å². The maximum atomic E-state index is 11.9. The van der Waals surface area contributed by atoms with E-state index in [9.17, 15) is 19.2 Å². The number of ether oxygens (including phenoxy) is 3. The van der Waals surface area contributed by atoms with Crippen molar-refractivity contribution in [3.63, 3.8) is 0 Å². The molecule has 10 heteroatoms. The van der Waals surface area contributed by atoms with Gasteiger partial charge < -0.3 is 24.4 Å². The van der Waals surface area contributed by atoms with Crippen molar-refractivity contribution in [3.8, 4) is 0 Å². The molecule has 1 aromatic rings. The molecule has 10 nitrogen and oxygen atoms in total. The second-order valence-electron chi connectivity index (χ2n) is 4.46. The lowest BCUT2D eigenvalue weighted by Gasteiger charge is -2.05. The minimum atomic E-state index is -0.985. The number of carbonyl (C=O) groups excluding carboxylic acids is 4. The third-order valence-corrected chi connectivity index (χ3v) is 2.69. The molecule has 3 N–H and O–H groups in total. The zero-order valence-corrected chi connectivity index (χ0v) is 13.5. The fraction of sp³-hybridized carbons (Fsp3) is 0.429. The Kier molecular flexibility index (Phi) is 6.93. The molecule has 0 saturated heterocycles. The van der Waals surface area contributed by atoms with Crippen molar-refractivity contribution in [2.45, 2.75) is 13.8 Å². The Morgan fingerprint density at radius 1 is 1.12 bits per heavy atom. The molecule has 0 spiro atoms. The molecule has 0 fully saturated rings. The first-order chi connectivity index (χ1) is 11.3. The van der Waals surface area contributed by atoms with Crippen LogP contribution in [-0.4, -0.2) is 50.7 Å². The van der Waals surface area contributed by atoms with Crippen molar-refractivity contribution >= 4 is 29.6 Å². The van der Waals surface area contributed by atoms with E-state index in [-0.39, 0.29) is 36.0 Å². The molecule has 0 aromatic carbocycles. The first kappa shape index (κ1) is 19.2. The van der Waals surface area contributed by atoms with Gasteiger partial charge in [-0.25, -0.2) is 9.59 Å². The number of rotatable bonds is 8. The molecule has 0 aliphatic carbocycles. The number of hydrogen-bond donors (Lipinski definition) is 2. The molecule has 0 bridgehead atoms. The van der Waals surface area contributed by atoms with E-state index in [0.29, 0.717) is 0 Å². The molecule has 1 rings (SSSR count). The molecule has 2 amide bonds. The first-order valence-corrected chi connectivity index (χ1v) is 6.86.